The van der Waals surface area contributed by atoms with Gasteiger partial charge in [0.05, 0.1) is 25.2 Å². The van der Waals surface area contributed by atoms with E-state index in [1.807, 2.05) is 19.2 Å². The highest BCUT2D eigenvalue weighted by Crippen LogP contribution is 2.43. The van der Waals surface area contributed by atoms with E-state index in [4.69, 9.17) is 14.5 Å². The van der Waals surface area contributed by atoms with Crippen molar-refractivity contribution >= 4 is 27.6 Å². The first-order chi connectivity index (χ1) is 15.5. The van der Waals surface area contributed by atoms with Crippen LogP contribution in [0.15, 0.2) is 42.6 Å². The van der Waals surface area contributed by atoms with Gasteiger partial charge >= 0.3 is 5.97 Å². The molecule has 0 N–H and O–H groups in total. The Labute approximate surface area is 188 Å². The van der Waals surface area contributed by atoms with Crippen molar-refractivity contribution in [1.29, 1.82) is 0 Å². The summed E-state index contributed by atoms with van der Waals surface area (Å²) in [6.07, 6.45) is 2.99. The molecule has 1 aliphatic rings. The molecule has 1 aromatic heterocycles. The van der Waals surface area contributed by atoms with Crippen LogP contribution < -0.4 is 4.74 Å². The molecule has 5 rings (SSSR count). The van der Waals surface area contributed by atoms with Gasteiger partial charge in [0, 0.05) is 23.6 Å². The van der Waals surface area contributed by atoms with E-state index in [9.17, 15) is 4.79 Å². The lowest BCUT2D eigenvalue weighted by Crippen LogP contribution is -2.11. The number of carbonyl (C=O) groups excluding carboxylic acids is 1. The molecule has 0 saturated carbocycles. The maximum atomic E-state index is 12.6. The molecule has 2 heterocycles. The van der Waals surface area contributed by atoms with E-state index in [1.54, 1.807) is 0 Å². The maximum absolute atomic E-state index is 12.6. The molecule has 32 heavy (non-hydrogen) atoms. The van der Waals surface area contributed by atoms with Gasteiger partial charge in [-0.05, 0) is 90.0 Å². The highest BCUT2D eigenvalue weighted by atomic mass is 16.5. The molecular weight excluding hydrogens is 398 g/mol. The number of aromatic nitrogens is 1. The van der Waals surface area contributed by atoms with Gasteiger partial charge in [-0.3, -0.25) is 9.78 Å². The third-order valence-electron chi connectivity index (χ3n) is 6.66. The summed E-state index contributed by atoms with van der Waals surface area (Å²) < 4.78 is 11.3. The van der Waals surface area contributed by atoms with Crippen molar-refractivity contribution in [3.05, 3.63) is 70.4 Å². The lowest BCUT2D eigenvalue weighted by Gasteiger charge is -2.22. The van der Waals surface area contributed by atoms with Crippen molar-refractivity contribution < 1.29 is 14.3 Å². The van der Waals surface area contributed by atoms with Crippen LogP contribution in [-0.2, 0) is 22.4 Å². The van der Waals surface area contributed by atoms with E-state index in [2.05, 4.69) is 51.1 Å². The summed E-state index contributed by atoms with van der Waals surface area (Å²) in [6, 6.07) is 12.8. The van der Waals surface area contributed by atoms with Crippen LogP contribution in [0.25, 0.3) is 32.8 Å². The standard InChI is InChI=1S/C28H27NO3/c1-5-31-25(30)15-22-17(3)14-23-18(4)16(2)6-7-20(23)27(22)21-8-9-24-26-19(11-13-32-24)10-12-29-28(21)26/h6-10,12,14H,5,11,13,15H2,1-4H3. The number of aryl methyl sites for hydroxylation is 3. The van der Waals surface area contributed by atoms with E-state index in [0.29, 0.717) is 13.2 Å². The molecule has 0 saturated heterocycles. The molecule has 162 valence electrons. The van der Waals surface area contributed by atoms with Crippen LogP contribution in [0.2, 0.25) is 0 Å². The lowest BCUT2D eigenvalue weighted by molar-refractivity contribution is -0.142. The van der Waals surface area contributed by atoms with Gasteiger partial charge in [-0.2, -0.15) is 0 Å². The van der Waals surface area contributed by atoms with Crippen molar-refractivity contribution in [2.75, 3.05) is 13.2 Å². The van der Waals surface area contributed by atoms with Gasteiger partial charge < -0.3 is 9.47 Å². The van der Waals surface area contributed by atoms with E-state index in [0.717, 1.165) is 50.7 Å². The van der Waals surface area contributed by atoms with Gasteiger partial charge in [0.15, 0.2) is 0 Å². The molecule has 0 spiro atoms. The minimum atomic E-state index is -0.209. The zero-order chi connectivity index (χ0) is 22.4. The fraction of sp³-hybridized carbons (Fsp3) is 0.286. The Morgan fingerprint density at radius 2 is 1.91 bits per heavy atom. The first-order valence-electron chi connectivity index (χ1n) is 11.2. The highest BCUT2D eigenvalue weighted by molar-refractivity contribution is 6.09. The molecule has 0 atom stereocenters. The second kappa shape index (κ2) is 7.94. The number of rotatable bonds is 4. The van der Waals surface area contributed by atoms with Crippen molar-refractivity contribution in [2.24, 2.45) is 0 Å². The number of esters is 1. The van der Waals surface area contributed by atoms with Crippen molar-refractivity contribution in [2.45, 2.75) is 40.5 Å². The second-order valence-corrected chi connectivity index (χ2v) is 8.53. The fourth-order valence-electron chi connectivity index (χ4n) is 4.90. The Kier molecular flexibility index (Phi) is 5.09. The SMILES string of the molecule is CCOC(=O)Cc1c(C)cc2c(C)c(C)ccc2c1-c1ccc2c3c(ccnc13)CCO2. The van der Waals surface area contributed by atoms with Gasteiger partial charge in [0.25, 0.3) is 0 Å². The van der Waals surface area contributed by atoms with Crippen molar-refractivity contribution in [3.8, 4) is 16.9 Å². The van der Waals surface area contributed by atoms with Crippen LogP contribution in [0.4, 0.5) is 0 Å². The van der Waals surface area contributed by atoms with Gasteiger partial charge in [-0.1, -0.05) is 18.2 Å². The summed E-state index contributed by atoms with van der Waals surface area (Å²) >= 11 is 0. The molecule has 0 unspecified atom stereocenters. The normalized spacial score (nSPS) is 12.8. The Morgan fingerprint density at radius 1 is 1.06 bits per heavy atom. The van der Waals surface area contributed by atoms with Gasteiger partial charge in [-0.15, -0.1) is 0 Å². The van der Waals surface area contributed by atoms with Crippen molar-refractivity contribution in [1.82, 2.24) is 4.98 Å². The van der Waals surface area contributed by atoms with E-state index in [-0.39, 0.29) is 12.4 Å². The number of hydrogen-bond acceptors (Lipinski definition) is 4. The van der Waals surface area contributed by atoms with Crippen LogP contribution in [0.3, 0.4) is 0 Å². The monoisotopic (exact) mass is 425 g/mol. The molecule has 1 aliphatic heterocycles. The van der Waals surface area contributed by atoms with Crippen LogP contribution in [0.1, 0.15) is 34.7 Å². The molecule has 3 aromatic carbocycles. The zero-order valence-corrected chi connectivity index (χ0v) is 19.0. The molecular formula is C28H27NO3. The molecule has 0 amide bonds. The Balaban J connectivity index is 1.88. The number of ether oxygens (including phenoxy) is 2. The summed E-state index contributed by atoms with van der Waals surface area (Å²) in [6.45, 7) is 9.28. The molecule has 4 aromatic rings. The van der Waals surface area contributed by atoms with E-state index in [1.165, 1.54) is 22.1 Å². The number of pyridine rings is 1. The zero-order valence-electron chi connectivity index (χ0n) is 19.0. The van der Waals surface area contributed by atoms with Crippen LogP contribution in [0.5, 0.6) is 5.75 Å². The molecule has 0 aliphatic carbocycles. The van der Waals surface area contributed by atoms with Crippen LogP contribution in [0, 0.1) is 20.8 Å². The fourth-order valence-corrected chi connectivity index (χ4v) is 4.90. The quantitative estimate of drug-likeness (QED) is 0.375. The first kappa shape index (κ1) is 20.5. The van der Waals surface area contributed by atoms with Crippen LogP contribution >= 0.6 is 0 Å². The summed E-state index contributed by atoms with van der Waals surface area (Å²) in [5.41, 5.74) is 8.89. The summed E-state index contributed by atoms with van der Waals surface area (Å²) in [4.78, 5) is 17.4. The van der Waals surface area contributed by atoms with Gasteiger partial charge in [-0.25, -0.2) is 0 Å². The number of benzene rings is 3. The van der Waals surface area contributed by atoms with Crippen LogP contribution in [-0.4, -0.2) is 24.2 Å². The van der Waals surface area contributed by atoms with Gasteiger partial charge in [0.1, 0.15) is 5.75 Å². The molecule has 4 heteroatoms. The number of fused-ring (bicyclic) bond motifs is 1. The van der Waals surface area contributed by atoms with Crippen molar-refractivity contribution in [3.63, 3.8) is 0 Å². The summed E-state index contributed by atoms with van der Waals surface area (Å²) in [7, 11) is 0. The van der Waals surface area contributed by atoms with E-state index >= 15 is 0 Å². The number of nitrogens with zero attached hydrogens (tertiary/aromatic N) is 1. The number of carbonyl (C=O) groups is 1. The number of hydrogen-bond donors (Lipinski definition) is 0. The largest absolute Gasteiger partial charge is 0.493 e. The predicted molar refractivity (Wildman–Crippen MR) is 128 cm³/mol. The predicted octanol–water partition coefficient (Wildman–Crippen LogP) is 6.02. The minimum absolute atomic E-state index is 0.209. The van der Waals surface area contributed by atoms with Gasteiger partial charge in [0.2, 0.25) is 0 Å². The highest BCUT2D eigenvalue weighted by Gasteiger charge is 2.23. The average Bonchev–Trinajstić information content (AvgIpc) is 2.79. The Morgan fingerprint density at radius 3 is 2.72 bits per heavy atom. The van der Waals surface area contributed by atoms with E-state index < -0.39 is 0 Å². The molecule has 0 fully saturated rings. The topological polar surface area (TPSA) is 48.4 Å². The second-order valence-electron chi connectivity index (χ2n) is 8.53. The molecule has 0 radical (unpaired) electrons. The Bertz CT molecular complexity index is 1380. The third kappa shape index (κ3) is 3.22. The minimum Gasteiger partial charge on any atom is -0.493 e. The molecule has 0 bridgehead atoms. The first-order valence-corrected chi connectivity index (χ1v) is 11.2. The maximum Gasteiger partial charge on any atom is 0.310 e. The third-order valence-corrected chi connectivity index (χ3v) is 6.66. The smallest absolute Gasteiger partial charge is 0.310 e. The summed E-state index contributed by atoms with van der Waals surface area (Å²) in [5.74, 6) is 0.674. The lowest BCUT2D eigenvalue weighted by atomic mass is 9.85. The summed E-state index contributed by atoms with van der Waals surface area (Å²) in [5, 5.41) is 3.43. The molecule has 4 nitrogen and oxygen atoms in total. The Hall–Kier alpha value is -3.40. The average molecular weight is 426 g/mol.